The lowest BCUT2D eigenvalue weighted by Crippen LogP contribution is -2.55. The van der Waals surface area contributed by atoms with Crippen molar-refractivity contribution in [2.45, 2.75) is 91.0 Å². The highest BCUT2D eigenvalue weighted by Gasteiger charge is 2.55. The van der Waals surface area contributed by atoms with Gasteiger partial charge in [0.05, 0.1) is 16.7 Å². The number of benzene rings is 1. The second-order valence-corrected chi connectivity index (χ2v) is 11.3. The van der Waals surface area contributed by atoms with Gasteiger partial charge in [0.2, 0.25) is 0 Å². The molecule has 182 valence electrons. The van der Waals surface area contributed by atoms with Gasteiger partial charge in [0.15, 0.2) is 5.69 Å². The van der Waals surface area contributed by atoms with Gasteiger partial charge in [-0.3, -0.25) is 9.48 Å². The second kappa shape index (κ2) is 8.63. The van der Waals surface area contributed by atoms with E-state index in [-0.39, 0.29) is 30.0 Å². The normalized spacial score (nSPS) is 21.7. The third kappa shape index (κ3) is 4.86. The average Bonchev–Trinajstić information content (AvgIpc) is 3.25. The summed E-state index contributed by atoms with van der Waals surface area (Å²) < 4.78 is 1.84. The summed E-state index contributed by atoms with van der Waals surface area (Å²) in [5.41, 5.74) is -0.763. The summed E-state index contributed by atoms with van der Waals surface area (Å²) in [5.74, 6) is -0.298. The number of aliphatic hydroxyl groups is 1. The van der Waals surface area contributed by atoms with E-state index in [1.54, 1.807) is 13.8 Å². The van der Waals surface area contributed by atoms with E-state index in [1.807, 2.05) is 63.6 Å². The Kier molecular flexibility index (Phi) is 6.54. The lowest BCUT2D eigenvalue weighted by Gasteiger charge is -2.48. The Morgan fingerprint density at radius 2 is 1.85 bits per heavy atom. The first kappa shape index (κ1) is 25.0. The van der Waals surface area contributed by atoms with Gasteiger partial charge in [0.1, 0.15) is 0 Å². The molecule has 1 aliphatic rings. The summed E-state index contributed by atoms with van der Waals surface area (Å²) in [5, 5.41) is 28.8. The summed E-state index contributed by atoms with van der Waals surface area (Å²) in [6.07, 6.45) is 0.432. The smallest absolute Gasteiger partial charge is 0.407 e. The minimum absolute atomic E-state index is 0.0980. The highest BCUT2D eigenvalue weighted by atomic mass is 16.4. The molecule has 2 amide bonds. The van der Waals surface area contributed by atoms with Crippen molar-refractivity contribution in [1.82, 2.24) is 20.0 Å². The number of likely N-dealkylation sites (tertiary alicyclic amines) is 1. The summed E-state index contributed by atoms with van der Waals surface area (Å²) in [4.78, 5) is 27.1. The SMILES string of the molecule is CC(C)n1nc(C(=O)N[C@@H]2CN(C(=O)O)[C@@](CCC(C)(C)O)(C(C)(C)C)C2)c2ccccc21. The van der Waals surface area contributed by atoms with E-state index in [0.717, 1.165) is 10.9 Å². The number of fused-ring (bicyclic) bond motifs is 1. The molecule has 2 aromatic rings. The molecule has 8 nitrogen and oxygen atoms in total. The highest BCUT2D eigenvalue weighted by Crippen LogP contribution is 2.47. The van der Waals surface area contributed by atoms with E-state index in [4.69, 9.17) is 0 Å². The molecular weight excluding hydrogens is 420 g/mol. The lowest BCUT2D eigenvalue weighted by molar-refractivity contribution is -0.00451. The molecule has 1 aliphatic heterocycles. The first-order valence-corrected chi connectivity index (χ1v) is 11.7. The summed E-state index contributed by atoms with van der Waals surface area (Å²) in [7, 11) is 0. The number of carbonyl (C=O) groups excluding carboxylic acids is 1. The van der Waals surface area contributed by atoms with Crippen molar-refractivity contribution in [2.24, 2.45) is 5.41 Å². The quantitative estimate of drug-likeness (QED) is 0.593. The van der Waals surface area contributed by atoms with Crippen LogP contribution in [0.5, 0.6) is 0 Å². The zero-order chi connectivity index (χ0) is 24.8. The van der Waals surface area contributed by atoms with E-state index in [2.05, 4.69) is 10.4 Å². The maximum Gasteiger partial charge on any atom is 0.407 e. The third-order valence-corrected chi connectivity index (χ3v) is 6.93. The fourth-order valence-electron chi connectivity index (χ4n) is 5.08. The zero-order valence-corrected chi connectivity index (χ0v) is 20.8. The first-order valence-electron chi connectivity index (χ1n) is 11.7. The van der Waals surface area contributed by atoms with Crippen LogP contribution in [0.1, 0.15) is 84.3 Å². The Morgan fingerprint density at radius 1 is 1.21 bits per heavy atom. The molecule has 3 N–H and O–H groups in total. The Labute approximate surface area is 196 Å². The van der Waals surface area contributed by atoms with Gasteiger partial charge in [-0.1, -0.05) is 39.0 Å². The molecule has 0 radical (unpaired) electrons. The number of carbonyl (C=O) groups is 2. The van der Waals surface area contributed by atoms with Gasteiger partial charge in [-0.15, -0.1) is 0 Å². The van der Waals surface area contributed by atoms with Gasteiger partial charge >= 0.3 is 6.09 Å². The summed E-state index contributed by atoms with van der Waals surface area (Å²) >= 11 is 0. The number of aromatic nitrogens is 2. The van der Waals surface area contributed by atoms with Gasteiger partial charge in [0.25, 0.3) is 5.91 Å². The number of hydrogen-bond acceptors (Lipinski definition) is 4. The van der Waals surface area contributed by atoms with Crippen molar-refractivity contribution >= 4 is 22.9 Å². The van der Waals surface area contributed by atoms with Crippen LogP contribution in [0, 0.1) is 5.41 Å². The molecule has 1 aromatic carbocycles. The maximum absolute atomic E-state index is 13.3. The highest BCUT2D eigenvalue weighted by molar-refractivity contribution is 6.05. The van der Waals surface area contributed by atoms with Crippen molar-refractivity contribution in [3.63, 3.8) is 0 Å². The number of hydrogen-bond donors (Lipinski definition) is 3. The molecule has 33 heavy (non-hydrogen) atoms. The van der Waals surface area contributed by atoms with Gasteiger partial charge < -0.3 is 20.4 Å². The van der Waals surface area contributed by atoms with Crippen LogP contribution >= 0.6 is 0 Å². The molecule has 0 saturated carbocycles. The largest absolute Gasteiger partial charge is 0.465 e. The van der Waals surface area contributed by atoms with Gasteiger partial charge in [0, 0.05) is 24.0 Å². The standard InChI is InChI=1S/C25H38N4O4/c1-16(2)29-19-11-9-8-10-18(19)20(27-29)21(30)26-17-14-25(23(3,4)5,13-12-24(6,7)33)28(15-17)22(31)32/h8-11,16-17,33H,12-15H2,1-7H3,(H,26,30)(H,31,32)/t17-,25+/m0/s1. The van der Waals surface area contributed by atoms with Gasteiger partial charge in [-0.25, -0.2) is 4.79 Å². The van der Waals surface area contributed by atoms with Crippen LogP contribution in [0.4, 0.5) is 4.79 Å². The predicted octanol–water partition coefficient (Wildman–Crippen LogP) is 4.44. The van der Waals surface area contributed by atoms with Crippen LogP contribution in [0.15, 0.2) is 24.3 Å². The van der Waals surface area contributed by atoms with Crippen LogP contribution in [0.3, 0.4) is 0 Å². The van der Waals surface area contributed by atoms with Crippen molar-refractivity contribution in [1.29, 1.82) is 0 Å². The molecular formula is C25H38N4O4. The summed E-state index contributed by atoms with van der Waals surface area (Å²) in [6.45, 7) is 13.8. The van der Waals surface area contributed by atoms with Crippen molar-refractivity contribution in [3.8, 4) is 0 Å². The Bertz CT molecular complexity index is 1030. The first-order chi connectivity index (χ1) is 15.2. The molecule has 0 spiro atoms. The molecule has 1 fully saturated rings. The topological polar surface area (TPSA) is 108 Å². The van der Waals surface area contributed by atoms with E-state index >= 15 is 0 Å². The lowest BCUT2D eigenvalue weighted by atomic mass is 9.68. The fraction of sp³-hybridized carbons (Fsp3) is 0.640. The zero-order valence-electron chi connectivity index (χ0n) is 20.8. The molecule has 0 aliphatic carbocycles. The molecule has 0 unspecified atom stereocenters. The van der Waals surface area contributed by atoms with E-state index in [0.29, 0.717) is 25.0 Å². The molecule has 2 atom stereocenters. The number of nitrogens with zero attached hydrogens (tertiary/aromatic N) is 3. The number of rotatable bonds is 6. The van der Waals surface area contributed by atoms with Crippen LogP contribution < -0.4 is 5.32 Å². The fourth-order valence-corrected chi connectivity index (χ4v) is 5.08. The van der Waals surface area contributed by atoms with Gasteiger partial charge in [-0.2, -0.15) is 5.10 Å². The van der Waals surface area contributed by atoms with E-state index in [9.17, 15) is 19.8 Å². The van der Waals surface area contributed by atoms with Crippen LogP contribution in [0.25, 0.3) is 10.9 Å². The second-order valence-electron chi connectivity index (χ2n) is 11.3. The molecule has 0 bridgehead atoms. The number of nitrogens with one attached hydrogen (secondary N) is 1. The van der Waals surface area contributed by atoms with Crippen LogP contribution in [-0.4, -0.2) is 60.6 Å². The predicted molar refractivity (Wildman–Crippen MR) is 128 cm³/mol. The van der Waals surface area contributed by atoms with Crippen molar-refractivity contribution in [3.05, 3.63) is 30.0 Å². The third-order valence-electron chi connectivity index (χ3n) is 6.93. The number of carboxylic acid groups (broad SMARTS) is 1. The average molecular weight is 459 g/mol. The van der Waals surface area contributed by atoms with Crippen molar-refractivity contribution < 1.29 is 19.8 Å². The molecule has 1 saturated heterocycles. The minimum Gasteiger partial charge on any atom is -0.465 e. The van der Waals surface area contributed by atoms with Crippen LogP contribution in [0.2, 0.25) is 0 Å². The molecule has 2 heterocycles. The van der Waals surface area contributed by atoms with E-state index < -0.39 is 17.2 Å². The molecule has 1 aromatic heterocycles. The number of amides is 2. The molecule has 8 heteroatoms. The van der Waals surface area contributed by atoms with E-state index in [1.165, 1.54) is 4.90 Å². The Hall–Kier alpha value is -2.61. The molecule has 3 rings (SSSR count). The number of para-hydroxylation sites is 1. The summed E-state index contributed by atoms with van der Waals surface area (Å²) in [6, 6.07) is 7.39. The Morgan fingerprint density at radius 3 is 2.39 bits per heavy atom. The van der Waals surface area contributed by atoms with Crippen LogP contribution in [-0.2, 0) is 0 Å². The minimum atomic E-state index is -1.01. The Balaban J connectivity index is 1.91. The monoisotopic (exact) mass is 458 g/mol. The van der Waals surface area contributed by atoms with Crippen molar-refractivity contribution in [2.75, 3.05) is 6.54 Å². The van der Waals surface area contributed by atoms with Gasteiger partial charge in [-0.05, 0) is 58.4 Å². The maximum atomic E-state index is 13.3.